The fourth-order valence-corrected chi connectivity index (χ4v) is 3.19. The molecule has 1 aromatic rings. The highest BCUT2D eigenvalue weighted by atomic mass is 32.1. The average Bonchev–Trinajstić information content (AvgIpc) is 2.75. The van der Waals surface area contributed by atoms with E-state index < -0.39 is 0 Å². The Hall–Kier alpha value is -0.940. The lowest BCUT2D eigenvalue weighted by Gasteiger charge is -2.38. The fraction of sp³-hybridized carbons (Fsp3) is 0.692. The molecule has 1 aliphatic rings. The molecular weight excluding hydrogens is 250 g/mol. The van der Waals surface area contributed by atoms with Crippen molar-refractivity contribution < 1.29 is 14.3 Å². The van der Waals surface area contributed by atoms with Gasteiger partial charge in [0.25, 0.3) is 0 Å². The Morgan fingerprint density at radius 2 is 2.33 bits per heavy atom. The molecular formula is C13H19NO3S. The van der Waals surface area contributed by atoms with Crippen LogP contribution in [0, 0.1) is 0 Å². The summed E-state index contributed by atoms with van der Waals surface area (Å²) in [6, 6.07) is 0. The Morgan fingerprint density at radius 3 is 2.89 bits per heavy atom. The second-order valence-corrected chi connectivity index (χ2v) is 5.36. The molecule has 0 amide bonds. The van der Waals surface area contributed by atoms with Crippen LogP contribution in [0.15, 0.2) is 5.38 Å². The molecule has 1 aromatic heterocycles. The Labute approximate surface area is 111 Å². The summed E-state index contributed by atoms with van der Waals surface area (Å²) < 4.78 is 10.5. The van der Waals surface area contributed by atoms with E-state index >= 15 is 0 Å². The highest BCUT2D eigenvalue weighted by Crippen LogP contribution is 2.45. The summed E-state index contributed by atoms with van der Waals surface area (Å²) >= 11 is 1.63. The molecule has 0 radical (unpaired) electrons. The van der Waals surface area contributed by atoms with Crippen LogP contribution in [0.4, 0.5) is 0 Å². The third kappa shape index (κ3) is 2.72. The molecule has 18 heavy (non-hydrogen) atoms. The molecule has 1 fully saturated rings. The summed E-state index contributed by atoms with van der Waals surface area (Å²) in [6.07, 6.45) is 4.35. The van der Waals surface area contributed by atoms with E-state index in [1.807, 2.05) is 12.3 Å². The van der Waals surface area contributed by atoms with Crippen molar-refractivity contribution in [2.75, 3.05) is 13.7 Å². The van der Waals surface area contributed by atoms with Gasteiger partial charge >= 0.3 is 5.97 Å². The van der Waals surface area contributed by atoms with Gasteiger partial charge in [-0.05, 0) is 26.2 Å². The molecule has 100 valence electrons. The van der Waals surface area contributed by atoms with E-state index in [1.54, 1.807) is 18.4 Å². The van der Waals surface area contributed by atoms with Crippen molar-refractivity contribution in [2.45, 2.75) is 44.6 Å². The van der Waals surface area contributed by atoms with Crippen LogP contribution >= 0.6 is 11.3 Å². The first-order valence-electron chi connectivity index (χ1n) is 6.36. The van der Waals surface area contributed by atoms with Crippen molar-refractivity contribution in [1.29, 1.82) is 0 Å². The molecule has 0 aromatic carbocycles. The molecule has 0 N–H and O–H groups in total. The lowest BCUT2D eigenvalue weighted by Crippen LogP contribution is -2.35. The van der Waals surface area contributed by atoms with Crippen LogP contribution in [0.2, 0.25) is 0 Å². The number of carbonyl (C=O) groups excluding carboxylic acids is 1. The van der Waals surface area contributed by atoms with E-state index in [-0.39, 0.29) is 11.6 Å². The maximum Gasteiger partial charge on any atom is 0.306 e. The average molecular weight is 269 g/mol. The van der Waals surface area contributed by atoms with E-state index in [2.05, 4.69) is 4.98 Å². The Kier molecular flexibility index (Phi) is 4.35. The number of rotatable bonds is 6. The molecule has 0 atom stereocenters. The van der Waals surface area contributed by atoms with Crippen molar-refractivity contribution >= 4 is 17.3 Å². The number of nitrogens with zero attached hydrogens (tertiary/aromatic N) is 1. The second-order valence-electron chi connectivity index (χ2n) is 4.50. The zero-order valence-corrected chi connectivity index (χ0v) is 11.7. The van der Waals surface area contributed by atoms with Crippen LogP contribution in [-0.2, 0) is 26.3 Å². The van der Waals surface area contributed by atoms with Crippen LogP contribution in [0.25, 0.3) is 0 Å². The molecule has 0 spiro atoms. The number of methoxy groups -OCH3 is 1. The number of hydrogen-bond acceptors (Lipinski definition) is 5. The maximum absolute atomic E-state index is 11.3. The van der Waals surface area contributed by atoms with Crippen LogP contribution < -0.4 is 0 Å². The van der Waals surface area contributed by atoms with Crippen molar-refractivity contribution in [3.8, 4) is 0 Å². The van der Waals surface area contributed by atoms with Gasteiger partial charge in [-0.3, -0.25) is 4.79 Å². The van der Waals surface area contributed by atoms with Gasteiger partial charge in [0.1, 0.15) is 10.6 Å². The molecule has 4 nitrogen and oxygen atoms in total. The van der Waals surface area contributed by atoms with Crippen molar-refractivity contribution in [1.82, 2.24) is 4.98 Å². The third-order valence-electron chi connectivity index (χ3n) is 3.38. The first kappa shape index (κ1) is 13.5. The summed E-state index contributed by atoms with van der Waals surface area (Å²) in [4.78, 5) is 15.9. The van der Waals surface area contributed by atoms with E-state index in [0.29, 0.717) is 19.4 Å². The summed E-state index contributed by atoms with van der Waals surface area (Å²) in [7, 11) is 1.75. The zero-order valence-electron chi connectivity index (χ0n) is 10.9. The second kappa shape index (κ2) is 5.80. The Balaban J connectivity index is 1.92. The molecule has 2 rings (SSSR count). The number of thiazole rings is 1. The van der Waals surface area contributed by atoms with Gasteiger partial charge in [0.15, 0.2) is 0 Å². The summed E-state index contributed by atoms with van der Waals surface area (Å²) in [5.74, 6) is -0.155. The predicted octanol–water partition coefficient (Wildman–Crippen LogP) is 2.66. The summed E-state index contributed by atoms with van der Waals surface area (Å²) in [6.45, 7) is 2.26. The normalized spacial score (nSPS) is 17.2. The zero-order chi connectivity index (χ0) is 13.0. The lowest BCUT2D eigenvalue weighted by atomic mass is 9.80. The smallest absolute Gasteiger partial charge is 0.306 e. The standard InChI is InChI=1S/C13H19NO3S/c1-3-17-11(15)6-5-10-9-18-12(14-10)13(16-2)7-4-8-13/h9H,3-8H2,1-2H3. The number of ether oxygens (including phenoxy) is 2. The molecule has 0 saturated heterocycles. The molecule has 0 aliphatic heterocycles. The number of aromatic nitrogens is 1. The van der Waals surface area contributed by atoms with E-state index in [0.717, 1.165) is 23.5 Å². The minimum absolute atomic E-state index is 0.146. The van der Waals surface area contributed by atoms with E-state index in [1.165, 1.54) is 6.42 Å². The van der Waals surface area contributed by atoms with Crippen LogP contribution in [-0.4, -0.2) is 24.7 Å². The van der Waals surface area contributed by atoms with Gasteiger partial charge in [-0.2, -0.15) is 0 Å². The molecule has 1 heterocycles. The Bertz CT molecular complexity index is 407. The van der Waals surface area contributed by atoms with Crippen LogP contribution in [0.5, 0.6) is 0 Å². The molecule has 1 saturated carbocycles. The number of carbonyl (C=O) groups is 1. The van der Waals surface area contributed by atoms with Gasteiger partial charge in [0, 0.05) is 18.9 Å². The van der Waals surface area contributed by atoms with Crippen LogP contribution in [0.3, 0.4) is 0 Å². The highest BCUT2D eigenvalue weighted by molar-refractivity contribution is 7.09. The highest BCUT2D eigenvalue weighted by Gasteiger charge is 2.41. The van der Waals surface area contributed by atoms with E-state index in [4.69, 9.17) is 9.47 Å². The van der Waals surface area contributed by atoms with Gasteiger partial charge in [-0.1, -0.05) is 0 Å². The first-order valence-corrected chi connectivity index (χ1v) is 7.24. The Morgan fingerprint density at radius 1 is 1.56 bits per heavy atom. The fourth-order valence-electron chi connectivity index (χ4n) is 2.10. The largest absolute Gasteiger partial charge is 0.466 e. The van der Waals surface area contributed by atoms with Crippen molar-refractivity contribution in [2.24, 2.45) is 0 Å². The molecule has 1 aliphatic carbocycles. The third-order valence-corrected chi connectivity index (χ3v) is 4.46. The summed E-state index contributed by atoms with van der Waals surface area (Å²) in [5, 5.41) is 3.07. The predicted molar refractivity (Wildman–Crippen MR) is 69.6 cm³/mol. The SMILES string of the molecule is CCOC(=O)CCc1csc(C2(OC)CCC2)n1. The van der Waals surface area contributed by atoms with Crippen LogP contribution in [0.1, 0.15) is 43.3 Å². The van der Waals surface area contributed by atoms with Gasteiger partial charge in [0.2, 0.25) is 0 Å². The number of aryl methyl sites for hydroxylation is 1. The van der Waals surface area contributed by atoms with Gasteiger partial charge in [0.05, 0.1) is 18.7 Å². The number of esters is 1. The summed E-state index contributed by atoms with van der Waals surface area (Å²) in [5.41, 5.74) is 0.818. The van der Waals surface area contributed by atoms with E-state index in [9.17, 15) is 4.79 Å². The van der Waals surface area contributed by atoms with Gasteiger partial charge in [-0.25, -0.2) is 4.98 Å². The molecule has 5 heteroatoms. The number of hydrogen-bond donors (Lipinski definition) is 0. The molecule has 0 bridgehead atoms. The topological polar surface area (TPSA) is 48.4 Å². The van der Waals surface area contributed by atoms with Gasteiger partial charge in [-0.15, -0.1) is 11.3 Å². The van der Waals surface area contributed by atoms with Crippen molar-refractivity contribution in [3.63, 3.8) is 0 Å². The molecule has 0 unspecified atom stereocenters. The quantitative estimate of drug-likeness (QED) is 0.745. The maximum atomic E-state index is 11.3. The van der Waals surface area contributed by atoms with Gasteiger partial charge < -0.3 is 9.47 Å². The first-order chi connectivity index (χ1) is 8.70. The van der Waals surface area contributed by atoms with Crippen molar-refractivity contribution in [3.05, 3.63) is 16.1 Å². The lowest BCUT2D eigenvalue weighted by molar-refractivity contribution is -0.143. The minimum Gasteiger partial charge on any atom is -0.466 e. The minimum atomic E-state index is -0.155. The monoisotopic (exact) mass is 269 g/mol.